The van der Waals surface area contributed by atoms with Gasteiger partial charge in [-0.25, -0.2) is 9.37 Å². The molecule has 2 aromatic rings. The van der Waals surface area contributed by atoms with Gasteiger partial charge in [-0.2, -0.15) is 0 Å². The number of benzene rings is 1. The zero-order valence-corrected chi connectivity index (χ0v) is 14.8. The van der Waals surface area contributed by atoms with Crippen LogP contribution in [0.4, 0.5) is 4.39 Å². The largest absolute Gasteiger partial charge is 0.494 e. The molecule has 3 rings (SSSR count). The van der Waals surface area contributed by atoms with E-state index in [1.54, 1.807) is 18.2 Å². The molecule has 7 heteroatoms. The Kier molecular flexibility index (Phi) is 5.24. The van der Waals surface area contributed by atoms with Crippen molar-refractivity contribution >= 4 is 11.6 Å². The van der Waals surface area contributed by atoms with Crippen LogP contribution in [0.3, 0.4) is 0 Å². The van der Waals surface area contributed by atoms with Crippen LogP contribution in [0.1, 0.15) is 12.1 Å². The molecule has 1 aromatic carbocycles. The minimum Gasteiger partial charge on any atom is -0.494 e. The Balaban J connectivity index is 2.02. The Morgan fingerprint density at radius 1 is 1.36 bits per heavy atom. The SMILES string of the molecule is COc1ccc(C(O)(CN)CN2CCC2)nc1-c1ccc(F)c(Cl)c1. The van der Waals surface area contributed by atoms with E-state index in [1.807, 2.05) is 0 Å². The molecule has 1 aliphatic heterocycles. The van der Waals surface area contributed by atoms with Gasteiger partial charge in [0.05, 0.1) is 17.8 Å². The quantitative estimate of drug-likeness (QED) is 0.822. The van der Waals surface area contributed by atoms with Gasteiger partial charge in [-0.05, 0) is 49.8 Å². The molecule has 0 bridgehead atoms. The zero-order valence-electron chi connectivity index (χ0n) is 14.0. The van der Waals surface area contributed by atoms with Crippen LogP contribution in [-0.2, 0) is 5.60 Å². The van der Waals surface area contributed by atoms with Gasteiger partial charge in [0.25, 0.3) is 0 Å². The van der Waals surface area contributed by atoms with E-state index in [2.05, 4.69) is 9.88 Å². The Labute approximate surface area is 151 Å². The smallest absolute Gasteiger partial charge is 0.145 e. The number of hydrogen-bond acceptors (Lipinski definition) is 5. The third-order valence-electron chi connectivity index (χ3n) is 4.52. The van der Waals surface area contributed by atoms with E-state index < -0.39 is 11.4 Å². The van der Waals surface area contributed by atoms with E-state index in [1.165, 1.54) is 19.2 Å². The second kappa shape index (κ2) is 7.25. The normalized spacial score (nSPS) is 17.0. The molecule has 0 amide bonds. The number of ether oxygens (including phenoxy) is 1. The lowest BCUT2D eigenvalue weighted by atomic mass is 9.95. The first-order valence-corrected chi connectivity index (χ1v) is 8.50. The number of rotatable bonds is 6. The van der Waals surface area contributed by atoms with Gasteiger partial charge in [-0.15, -0.1) is 0 Å². The zero-order chi connectivity index (χ0) is 18.0. The van der Waals surface area contributed by atoms with Crippen LogP contribution in [0.25, 0.3) is 11.3 Å². The van der Waals surface area contributed by atoms with Crippen molar-refractivity contribution in [3.63, 3.8) is 0 Å². The standard InChI is InChI=1S/C18H21ClFN3O2/c1-25-15-5-6-16(18(24,10-21)11-23-7-2-8-23)22-17(15)12-3-4-14(20)13(19)9-12/h3-6,9,24H,2,7-8,10-11,21H2,1H3. The van der Waals surface area contributed by atoms with Crippen molar-refractivity contribution < 1.29 is 14.2 Å². The molecule has 1 aliphatic rings. The second-order valence-corrected chi connectivity index (χ2v) is 6.65. The van der Waals surface area contributed by atoms with Gasteiger partial charge in [-0.1, -0.05) is 11.6 Å². The van der Waals surface area contributed by atoms with Gasteiger partial charge in [0.15, 0.2) is 0 Å². The highest BCUT2D eigenvalue weighted by atomic mass is 35.5. The highest BCUT2D eigenvalue weighted by Crippen LogP contribution is 2.33. The maximum atomic E-state index is 13.5. The monoisotopic (exact) mass is 365 g/mol. The fourth-order valence-corrected chi connectivity index (χ4v) is 3.06. The summed E-state index contributed by atoms with van der Waals surface area (Å²) in [5.41, 5.74) is 6.14. The third kappa shape index (κ3) is 3.62. The van der Waals surface area contributed by atoms with Crippen LogP contribution >= 0.6 is 11.6 Å². The predicted molar refractivity (Wildman–Crippen MR) is 95.2 cm³/mol. The summed E-state index contributed by atoms with van der Waals surface area (Å²) < 4.78 is 18.8. The lowest BCUT2D eigenvalue weighted by molar-refractivity contribution is -0.0138. The predicted octanol–water partition coefficient (Wildman–Crippen LogP) is 2.40. The van der Waals surface area contributed by atoms with Crippen molar-refractivity contribution in [2.24, 2.45) is 5.73 Å². The minimum atomic E-state index is -1.26. The molecule has 0 radical (unpaired) electrons. The first-order valence-electron chi connectivity index (χ1n) is 8.12. The molecule has 0 spiro atoms. The molecule has 5 nitrogen and oxygen atoms in total. The minimum absolute atomic E-state index is 0.00132. The molecular formula is C18H21ClFN3O2. The summed E-state index contributed by atoms with van der Waals surface area (Å²) in [6.45, 7) is 2.36. The van der Waals surface area contributed by atoms with Gasteiger partial charge in [0, 0.05) is 18.7 Å². The fourth-order valence-electron chi connectivity index (χ4n) is 2.88. The van der Waals surface area contributed by atoms with Crippen LogP contribution in [0.15, 0.2) is 30.3 Å². The first kappa shape index (κ1) is 18.1. The Bertz CT molecular complexity index is 770. The number of hydrogen-bond donors (Lipinski definition) is 2. The number of aliphatic hydroxyl groups is 1. The molecule has 0 aliphatic carbocycles. The number of pyridine rings is 1. The highest BCUT2D eigenvalue weighted by Gasteiger charge is 2.34. The topological polar surface area (TPSA) is 71.6 Å². The Morgan fingerprint density at radius 3 is 2.68 bits per heavy atom. The van der Waals surface area contributed by atoms with Gasteiger partial charge in [-0.3, -0.25) is 4.90 Å². The average molecular weight is 366 g/mol. The second-order valence-electron chi connectivity index (χ2n) is 6.24. The van der Waals surface area contributed by atoms with Crippen molar-refractivity contribution in [3.05, 3.63) is 46.9 Å². The van der Waals surface area contributed by atoms with Crippen LogP contribution in [0.5, 0.6) is 5.75 Å². The number of nitrogens with zero attached hydrogens (tertiary/aromatic N) is 2. The van der Waals surface area contributed by atoms with Crippen molar-refractivity contribution in [1.82, 2.24) is 9.88 Å². The van der Waals surface area contributed by atoms with E-state index in [4.69, 9.17) is 22.1 Å². The summed E-state index contributed by atoms with van der Waals surface area (Å²) in [7, 11) is 1.53. The number of aromatic nitrogens is 1. The third-order valence-corrected chi connectivity index (χ3v) is 4.81. The Hall–Kier alpha value is -1.73. The molecule has 1 atom stereocenters. The van der Waals surface area contributed by atoms with Gasteiger partial charge >= 0.3 is 0 Å². The summed E-state index contributed by atoms with van der Waals surface area (Å²) in [4.78, 5) is 6.71. The molecule has 3 N–H and O–H groups in total. The van der Waals surface area contributed by atoms with Crippen LogP contribution in [-0.4, -0.2) is 48.3 Å². The van der Waals surface area contributed by atoms with Crippen LogP contribution < -0.4 is 10.5 Å². The summed E-state index contributed by atoms with van der Waals surface area (Å²) in [6.07, 6.45) is 1.12. The number of nitrogens with two attached hydrogens (primary N) is 1. The fraction of sp³-hybridized carbons (Fsp3) is 0.389. The molecule has 0 saturated carbocycles. The lowest BCUT2D eigenvalue weighted by Crippen LogP contribution is -2.50. The molecule has 1 saturated heterocycles. The number of likely N-dealkylation sites (tertiary alicyclic amines) is 1. The number of halogens is 2. The molecule has 1 aromatic heterocycles. The van der Waals surface area contributed by atoms with E-state index >= 15 is 0 Å². The van der Waals surface area contributed by atoms with Gasteiger partial charge in [0.1, 0.15) is 22.9 Å². The van der Waals surface area contributed by atoms with E-state index in [9.17, 15) is 9.50 Å². The van der Waals surface area contributed by atoms with E-state index in [0.29, 0.717) is 29.2 Å². The highest BCUT2D eigenvalue weighted by molar-refractivity contribution is 6.31. The molecule has 1 unspecified atom stereocenters. The maximum Gasteiger partial charge on any atom is 0.145 e. The maximum absolute atomic E-state index is 13.5. The molecule has 25 heavy (non-hydrogen) atoms. The van der Waals surface area contributed by atoms with Crippen molar-refractivity contribution in [1.29, 1.82) is 0 Å². The van der Waals surface area contributed by atoms with Crippen molar-refractivity contribution in [3.8, 4) is 17.0 Å². The number of methoxy groups -OCH3 is 1. The molecule has 134 valence electrons. The van der Waals surface area contributed by atoms with Crippen molar-refractivity contribution in [2.45, 2.75) is 12.0 Å². The summed E-state index contributed by atoms with van der Waals surface area (Å²) >= 11 is 5.89. The average Bonchev–Trinajstić information content (AvgIpc) is 2.60. The van der Waals surface area contributed by atoms with Gasteiger partial charge in [0.2, 0.25) is 0 Å². The Morgan fingerprint density at radius 2 is 2.12 bits per heavy atom. The lowest BCUT2D eigenvalue weighted by Gasteiger charge is -2.38. The van der Waals surface area contributed by atoms with E-state index in [-0.39, 0.29) is 11.6 Å². The van der Waals surface area contributed by atoms with Crippen LogP contribution in [0.2, 0.25) is 5.02 Å². The summed E-state index contributed by atoms with van der Waals surface area (Å²) in [6, 6.07) is 7.78. The first-order chi connectivity index (χ1) is 12.0. The molecular weight excluding hydrogens is 345 g/mol. The van der Waals surface area contributed by atoms with E-state index in [0.717, 1.165) is 19.5 Å². The summed E-state index contributed by atoms with van der Waals surface area (Å²) in [5.74, 6) is 0.00605. The summed E-state index contributed by atoms with van der Waals surface area (Å²) in [5, 5.41) is 11.0. The van der Waals surface area contributed by atoms with Gasteiger partial charge < -0.3 is 15.6 Å². The number of β-amino-alcohol motifs (C(OH)–C–C–N with tert-alkyl or cyclic N) is 1. The molecule has 2 heterocycles. The van der Waals surface area contributed by atoms with Crippen molar-refractivity contribution in [2.75, 3.05) is 33.3 Å². The molecule has 1 fully saturated rings. The van der Waals surface area contributed by atoms with Crippen LogP contribution in [0, 0.1) is 5.82 Å².